The Labute approximate surface area is 126 Å². The van der Waals surface area contributed by atoms with Crippen LogP contribution in [-0.2, 0) is 20.9 Å². The predicted molar refractivity (Wildman–Crippen MR) is 80.7 cm³/mol. The van der Waals surface area contributed by atoms with Crippen LogP contribution in [0.25, 0.3) is 0 Å². The molecule has 1 atom stereocenters. The lowest BCUT2D eigenvalue weighted by Gasteiger charge is -2.32. The Morgan fingerprint density at radius 2 is 1.90 bits per heavy atom. The number of esters is 1. The van der Waals surface area contributed by atoms with Gasteiger partial charge in [0.15, 0.2) is 0 Å². The first-order valence-electron chi connectivity index (χ1n) is 7.64. The standard InChI is InChI=1S/C17H23NO3/c1-2-15(18-10-8-16(19)9-11-18)12-17(20)21-13-14-6-4-3-5-7-14/h3-7,15H,2,8-13H2,1H3/t15-/m1/s1. The summed E-state index contributed by atoms with van der Waals surface area (Å²) < 4.78 is 5.34. The van der Waals surface area contributed by atoms with Gasteiger partial charge in [-0.2, -0.15) is 0 Å². The van der Waals surface area contributed by atoms with Crippen LogP contribution in [0.15, 0.2) is 30.3 Å². The van der Waals surface area contributed by atoms with Crippen LogP contribution in [0.5, 0.6) is 0 Å². The first-order chi connectivity index (χ1) is 10.2. The third-order valence-corrected chi connectivity index (χ3v) is 3.99. The van der Waals surface area contributed by atoms with E-state index < -0.39 is 0 Å². The van der Waals surface area contributed by atoms with Gasteiger partial charge >= 0.3 is 5.97 Å². The van der Waals surface area contributed by atoms with Crippen LogP contribution in [0.4, 0.5) is 0 Å². The zero-order valence-corrected chi connectivity index (χ0v) is 12.6. The molecule has 0 aliphatic carbocycles. The second-order valence-electron chi connectivity index (χ2n) is 5.49. The van der Waals surface area contributed by atoms with Crippen molar-refractivity contribution >= 4 is 11.8 Å². The van der Waals surface area contributed by atoms with E-state index in [4.69, 9.17) is 4.74 Å². The minimum atomic E-state index is -0.164. The number of ether oxygens (including phenoxy) is 1. The number of benzene rings is 1. The number of likely N-dealkylation sites (tertiary alicyclic amines) is 1. The van der Waals surface area contributed by atoms with Gasteiger partial charge in [-0.05, 0) is 12.0 Å². The number of rotatable bonds is 6. The third kappa shape index (κ3) is 4.97. The second-order valence-corrected chi connectivity index (χ2v) is 5.49. The van der Waals surface area contributed by atoms with E-state index in [0.29, 0.717) is 31.7 Å². The smallest absolute Gasteiger partial charge is 0.307 e. The number of hydrogen-bond donors (Lipinski definition) is 0. The molecule has 114 valence electrons. The first kappa shape index (κ1) is 15.7. The van der Waals surface area contributed by atoms with E-state index in [1.165, 1.54) is 0 Å². The van der Waals surface area contributed by atoms with Gasteiger partial charge in [0.2, 0.25) is 0 Å². The van der Waals surface area contributed by atoms with E-state index in [0.717, 1.165) is 25.1 Å². The van der Waals surface area contributed by atoms with Crippen molar-refractivity contribution in [1.29, 1.82) is 0 Å². The van der Waals surface area contributed by atoms with Gasteiger partial charge in [-0.3, -0.25) is 14.5 Å². The summed E-state index contributed by atoms with van der Waals surface area (Å²) in [7, 11) is 0. The monoisotopic (exact) mass is 289 g/mol. The first-order valence-corrected chi connectivity index (χ1v) is 7.64. The summed E-state index contributed by atoms with van der Waals surface area (Å²) in [6, 6.07) is 9.88. The number of hydrogen-bond acceptors (Lipinski definition) is 4. The average molecular weight is 289 g/mol. The lowest BCUT2D eigenvalue weighted by atomic mass is 10.0. The molecule has 1 aromatic rings. The Kier molecular flexibility index (Phi) is 5.93. The quantitative estimate of drug-likeness (QED) is 0.755. The summed E-state index contributed by atoms with van der Waals surface area (Å²) in [5.41, 5.74) is 1.00. The van der Waals surface area contributed by atoms with Gasteiger partial charge in [-0.1, -0.05) is 37.3 Å². The van der Waals surface area contributed by atoms with E-state index in [2.05, 4.69) is 11.8 Å². The van der Waals surface area contributed by atoms with Crippen molar-refractivity contribution in [2.45, 2.75) is 45.3 Å². The molecule has 1 aliphatic rings. The van der Waals surface area contributed by atoms with Gasteiger partial charge < -0.3 is 4.74 Å². The van der Waals surface area contributed by atoms with E-state index in [1.54, 1.807) is 0 Å². The molecule has 1 fully saturated rings. The normalized spacial score (nSPS) is 17.5. The van der Waals surface area contributed by atoms with Gasteiger partial charge in [0.1, 0.15) is 12.4 Å². The molecule has 21 heavy (non-hydrogen) atoms. The van der Waals surface area contributed by atoms with Gasteiger partial charge in [0.25, 0.3) is 0 Å². The number of carbonyl (C=O) groups excluding carboxylic acids is 2. The van der Waals surface area contributed by atoms with Crippen LogP contribution in [0.3, 0.4) is 0 Å². The second kappa shape index (κ2) is 7.93. The molecule has 0 bridgehead atoms. The molecule has 0 spiro atoms. The largest absolute Gasteiger partial charge is 0.461 e. The fraction of sp³-hybridized carbons (Fsp3) is 0.529. The fourth-order valence-electron chi connectivity index (χ4n) is 2.66. The van der Waals surface area contributed by atoms with Crippen LogP contribution in [0.1, 0.15) is 38.2 Å². The molecule has 0 radical (unpaired) electrons. The highest BCUT2D eigenvalue weighted by atomic mass is 16.5. The van der Waals surface area contributed by atoms with Crippen molar-refractivity contribution in [2.24, 2.45) is 0 Å². The van der Waals surface area contributed by atoms with Crippen molar-refractivity contribution in [2.75, 3.05) is 13.1 Å². The highest BCUT2D eigenvalue weighted by Crippen LogP contribution is 2.16. The summed E-state index contributed by atoms with van der Waals surface area (Å²) in [6.07, 6.45) is 2.51. The fourth-order valence-corrected chi connectivity index (χ4v) is 2.66. The van der Waals surface area contributed by atoms with Gasteiger partial charge in [0, 0.05) is 32.0 Å². The topological polar surface area (TPSA) is 46.6 Å². The number of carbonyl (C=O) groups is 2. The minimum Gasteiger partial charge on any atom is -0.461 e. The van der Waals surface area contributed by atoms with Crippen molar-refractivity contribution < 1.29 is 14.3 Å². The summed E-state index contributed by atoms with van der Waals surface area (Å²) >= 11 is 0. The lowest BCUT2D eigenvalue weighted by molar-refractivity contribution is -0.146. The van der Waals surface area contributed by atoms with Crippen LogP contribution in [0, 0.1) is 0 Å². The van der Waals surface area contributed by atoms with Crippen molar-refractivity contribution in [3.63, 3.8) is 0 Å². The predicted octanol–water partition coefficient (Wildman–Crippen LogP) is 2.56. The summed E-state index contributed by atoms with van der Waals surface area (Å²) in [4.78, 5) is 25.5. The van der Waals surface area contributed by atoms with Crippen molar-refractivity contribution in [3.05, 3.63) is 35.9 Å². The molecular weight excluding hydrogens is 266 g/mol. The molecule has 1 aromatic carbocycles. The summed E-state index contributed by atoms with van der Waals surface area (Å²) in [5.74, 6) is 0.162. The Morgan fingerprint density at radius 3 is 2.52 bits per heavy atom. The molecular formula is C17H23NO3. The maximum atomic E-state index is 12.0. The molecule has 0 unspecified atom stereocenters. The number of ketones is 1. The van der Waals surface area contributed by atoms with Crippen LogP contribution in [0.2, 0.25) is 0 Å². The Hall–Kier alpha value is -1.68. The molecule has 0 amide bonds. The maximum Gasteiger partial charge on any atom is 0.307 e. The van der Waals surface area contributed by atoms with Gasteiger partial charge in [0.05, 0.1) is 6.42 Å². The van der Waals surface area contributed by atoms with Crippen LogP contribution >= 0.6 is 0 Å². The van der Waals surface area contributed by atoms with Crippen molar-refractivity contribution in [3.8, 4) is 0 Å². The number of piperidine rings is 1. The summed E-state index contributed by atoms with van der Waals surface area (Å²) in [6.45, 7) is 3.94. The SMILES string of the molecule is CC[C@H](CC(=O)OCc1ccccc1)N1CCC(=O)CC1. The zero-order valence-electron chi connectivity index (χ0n) is 12.6. The Balaban J connectivity index is 1.78. The van der Waals surface area contributed by atoms with Gasteiger partial charge in [-0.15, -0.1) is 0 Å². The maximum absolute atomic E-state index is 12.0. The molecule has 0 aromatic heterocycles. The third-order valence-electron chi connectivity index (χ3n) is 3.99. The molecule has 4 nitrogen and oxygen atoms in total. The van der Waals surface area contributed by atoms with Crippen LogP contribution < -0.4 is 0 Å². The highest BCUT2D eigenvalue weighted by Gasteiger charge is 2.24. The zero-order chi connectivity index (χ0) is 15.1. The van der Waals surface area contributed by atoms with E-state index in [9.17, 15) is 9.59 Å². The lowest BCUT2D eigenvalue weighted by Crippen LogP contribution is -2.42. The molecule has 1 saturated heterocycles. The minimum absolute atomic E-state index is 0.164. The average Bonchev–Trinajstić information content (AvgIpc) is 2.52. The Morgan fingerprint density at radius 1 is 1.24 bits per heavy atom. The molecule has 2 rings (SSSR count). The molecule has 1 aliphatic heterocycles. The number of nitrogens with zero attached hydrogens (tertiary/aromatic N) is 1. The molecule has 4 heteroatoms. The van der Waals surface area contributed by atoms with E-state index >= 15 is 0 Å². The van der Waals surface area contributed by atoms with Crippen LogP contribution in [-0.4, -0.2) is 35.8 Å². The molecule has 0 N–H and O–H groups in total. The van der Waals surface area contributed by atoms with Gasteiger partial charge in [-0.25, -0.2) is 0 Å². The highest BCUT2D eigenvalue weighted by molar-refractivity contribution is 5.79. The van der Waals surface area contributed by atoms with Crippen molar-refractivity contribution in [1.82, 2.24) is 4.90 Å². The number of Topliss-reactive ketones (excluding diaryl/α,β-unsaturated/α-hetero) is 1. The molecule has 0 saturated carbocycles. The summed E-state index contributed by atoms with van der Waals surface area (Å²) in [5, 5.41) is 0. The molecule has 1 heterocycles. The Bertz CT molecular complexity index is 462. The van der Waals surface area contributed by atoms with E-state index in [-0.39, 0.29) is 12.0 Å². The van der Waals surface area contributed by atoms with E-state index in [1.807, 2.05) is 30.3 Å².